The molecule has 0 spiro atoms. The van der Waals surface area contributed by atoms with E-state index in [4.69, 9.17) is 20.3 Å². The van der Waals surface area contributed by atoms with Gasteiger partial charge in [0.1, 0.15) is 6.35 Å². The number of hydrogen-bond acceptors (Lipinski definition) is 8. The van der Waals surface area contributed by atoms with Crippen LogP contribution in [0.15, 0.2) is 6.33 Å². The van der Waals surface area contributed by atoms with Gasteiger partial charge in [0.25, 0.3) is 0 Å². The molecule has 12 heteroatoms. The Hall–Kier alpha value is -1.78. The van der Waals surface area contributed by atoms with Gasteiger partial charge in [-0.15, -0.1) is 0 Å². The van der Waals surface area contributed by atoms with Crippen LogP contribution < -0.4 is 11.1 Å². The number of fused-ring (bicyclic) bond motifs is 1. The van der Waals surface area contributed by atoms with Crippen molar-refractivity contribution in [2.24, 2.45) is 0 Å². The zero-order valence-corrected chi connectivity index (χ0v) is 15.3. The maximum atomic E-state index is 10.9. The second-order valence-corrected chi connectivity index (χ2v) is 7.59. The van der Waals surface area contributed by atoms with Gasteiger partial charge in [-0.3, -0.25) is 4.57 Å². The Morgan fingerprint density at radius 2 is 2.16 bits per heavy atom. The molecule has 1 atom stereocenters. The topological polar surface area (TPSA) is 152 Å². The standard InChI is InChI=1S/C13H24N7O4P/c1-9(24-8-25(21,22)23)6-20-7-16-10-11(15-4-5-19(2)3)17-13(14)18-12(10)20/h7,9H,4-6,8H2,1-3H3,(H2,21,22,23)(H3,14,15,17,18)/t9-/m1/s1. The number of nitrogens with zero attached hydrogens (tertiary/aromatic N) is 5. The molecule has 0 saturated carbocycles. The van der Waals surface area contributed by atoms with Gasteiger partial charge >= 0.3 is 7.60 Å². The number of rotatable bonds is 9. The van der Waals surface area contributed by atoms with Crippen LogP contribution in [-0.2, 0) is 15.8 Å². The van der Waals surface area contributed by atoms with Crippen LogP contribution in [0, 0.1) is 0 Å². The fourth-order valence-electron chi connectivity index (χ4n) is 2.17. The summed E-state index contributed by atoms with van der Waals surface area (Å²) in [6.45, 7) is 3.53. The lowest BCUT2D eigenvalue weighted by molar-refractivity contribution is 0.0764. The number of nitrogens with one attached hydrogen (secondary N) is 1. The molecule has 25 heavy (non-hydrogen) atoms. The predicted molar refractivity (Wildman–Crippen MR) is 94.2 cm³/mol. The minimum Gasteiger partial charge on any atom is -0.368 e. The van der Waals surface area contributed by atoms with Gasteiger partial charge in [-0.05, 0) is 21.0 Å². The molecule has 0 fully saturated rings. The number of nitrogens with two attached hydrogens (primary N) is 1. The summed E-state index contributed by atoms with van der Waals surface area (Å²) >= 11 is 0. The third kappa shape index (κ3) is 5.91. The number of anilines is 2. The van der Waals surface area contributed by atoms with Crippen molar-refractivity contribution in [3.05, 3.63) is 6.33 Å². The molecule has 2 heterocycles. The first-order valence-corrected chi connectivity index (χ1v) is 9.48. The Morgan fingerprint density at radius 1 is 1.44 bits per heavy atom. The molecule has 2 aromatic rings. The van der Waals surface area contributed by atoms with Crippen LogP contribution in [0.1, 0.15) is 6.92 Å². The molecule has 0 aliphatic rings. The van der Waals surface area contributed by atoms with Crippen molar-refractivity contribution in [3.63, 3.8) is 0 Å². The highest BCUT2D eigenvalue weighted by Gasteiger charge is 2.18. The number of imidazole rings is 1. The van der Waals surface area contributed by atoms with Crippen molar-refractivity contribution in [1.82, 2.24) is 24.4 Å². The van der Waals surface area contributed by atoms with E-state index >= 15 is 0 Å². The molecule has 0 bridgehead atoms. The highest BCUT2D eigenvalue weighted by Crippen LogP contribution is 2.34. The molecule has 0 aliphatic heterocycles. The molecule has 5 N–H and O–H groups in total. The van der Waals surface area contributed by atoms with Crippen molar-refractivity contribution in [2.75, 3.05) is 44.6 Å². The highest BCUT2D eigenvalue weighted by molar-refractivity contribution is 7.51. The van der Waals surface area contributed by atoms with Crippen LogP contribution in [-0.4, -0.2) is 73.8 Å². The number of nitrogen functional groups attached to an aromatic ring is 1. The maximum absolute atomic E-state index is 10.9. The third-order valence-electron chi connectivity index (χ3n) is 3.31. The maximum Gasteiger partial charge on any atom is 0.350 e. The molecule has 0 unspecified atom stereocenters. The Morgan fingerprint density at radius 3 is 2.80 bits per heavy atom. The summed E-state index contributed by atoms with van der Waals surface area (Å²) in [4.78, 5) is 32.5. The quantitative estimate of drug-likeness (QED) is 0.439. The number of hydrogen-bond donors (Lipinski definition) is 4. The SMILES string of the molecule is C[C@H](Cn1cnc2c(NCCN(C)C)nc(N)nc21)OCP(=O)(O)O. The van der Waals surface area contributed by atoms with Gasteiger partial charge in [0.15, 0.2) is 17.0 Å². The molecule has 0 aromatic carbocycles. The molecule has 140 valence electrons. The summed E-state index contributed by atoms with van der Waals surface area (Å²) in [5, 5.41) is 3.19. The van der Waals surface area contributed by atoms with Gasteiger partial charge in [0, 0.05) is 13.1 Å². The fraction of sp³-hybridized carbons (Fsp3) is 0.615. The number of likely N-dealkylation sites (N-methyl/N-ethyl adjacent to an activating group) is 1. The Labute approximate surface area is 145 Å². The van der Waals surface area contributed by atoms with Gasteiger partial charge < -0.3 is 35.0 Å². The third-order valence-corrected chi connectivity index (χ3v) is 3.80. The minimum atomic E-state index is -4.20. The normalized spacial score (nSPS) is 13.5. The van der Waals surface area contributed by atoms with Crippen LogP contribution in [0.4, 0.5) is 11.8 Å². The van der Waals surface area contributed by atoms with Gasteiger partial charge in [-0.25, -0.2) is 4.98 Å². The van der Waals surface area contributed by atoms with Crippen LogP contribution in [0.5, 0.6) is 0 Å². The van der Waals surface area contributed by atoms with Crippen molar-refractivity contribution in [1.29, 1.82) is 0 Å². The van der Waals surface area contributed by atoms with Crippen molar-refractivity contribution in [2.45, 2.75) is 19.6 Å². The van der Waals surface area contributed by atoms with E-state index in [1.807, 2.05) is 19.0 Å². The molecular formula is C13H24N7O4P. The summed E-state index contributed by atoms with van der Waals surface area (Å²) in [6, 6.07) is 0. The van der Waals surface area contributed by atoms with Gasteiger partial charge in [-0.2, -0.15) is 9.97 Å². The van der Waals surface area contributed by atoms with Gasteiger partial charge in [-0.1, -0.05) is 0 Å². The van der Waals surface area contributed by atoms with Gasteiger partial charge in [0.05, 0.1) is 19.0 Å². The predicted octanol–water partition coefficient (Wildman–Crippen LogP) is -0.0777. The van der Waals surface area contributed by atoms with E-state index < -0.39 is 20.0 Å². The first-order valence-electron chi connectivity index (χ1n) is 7.69. The molecule has 2 rings (SSSR count). The van der Waals surface area contributed by atoms with Crippen molar-refractivity contribution >= 4 is 30.5 Å². The molecule has 0 saturated heterocycles. The lowest BCUT2D eigenvalue weighted by atomic mass is 10.4. The summed E-state index contributed by atoms with van der Waals surface area (Å²) in [5.74, 6) is 0.664. The second-order valence-electron chi connectivity index (χ2n) is 6.00. The minimum absolute atomic E-state index is 0.116. The smallest absolute Gasteiger partial charge is 0.350 e. The van der Waals surface area contributed by atoms with E-state index in [0.717, 1.165) is 6.54 Å². The summed E-state index contributed by atoms with van der Waals surface area (Å²) in [5.41, 5.74) is 6.90. The molecule has 11 nitrogen and oxygen atoms in total. The zero-order chi connectivity index (χ0) is 18.6. The van der Waals surface area contributed by atoms with Crippen LogP contribution >= 0.6 is 7.60 Å². The summed E-state index contributed by atoms with van der Waals surface area (Å²) in [6.07, 6.45) is 0.508. The number of ether oxygens (including phenoxy) is 1. The van der Waals surface area contributed by atoms with E-state index in [2.05, 4.69) is 20.3 Å². The van der Waals surface area contributed by atoms with E-state index in [-0.39, 0.29) is 5.95 Å². The highest BCUT2D eigenvalue weighted by atomic mass is 31.2. The lowest BCUT2D eigenvalue weighted by Crippen LogP contribution is -2.21. The van der Waals surface area contributed by atoms with Crippen LogP contribution in [0.3, 0.4) is 0 Å². The molecule has 0 amide bonds. The molecule has 2 aromatic heterocycles. The average Bonchev–Trinajstić information content (AvgIpc) is 2.87. The second kappa shape index (κ2) is 8.07. The first-order chi connectivity index (χ1) is 11.7. The summed E-state index contributed by atoms with van der Waals surface area (Å²) in [7, 11) is -0.258. The Bertz CT molecular complexity index is 760. The molecule has 0 radical (unpaired) electrons. The van der Waals surface area contributed by atoms with E-state index in [1.165, 1.54) is 0 Å². The van der Waals surface area contributed by atoms with E-state index in [1.54, 1.807) is 17.8 Å². The van der Waals surface area contributed by atoms with E-state index in [9.17, 15) is 4.57 Å². The zero-order valence-electron chi connectivity index (χ0n) is 14.5. The van der Waals surface area contributed by atoms with Crippen molar-refractivity contribution < 1.29 is 19.1 Å². The Kier molecular flexibility index (Phi) is 6.31. The summed E-state index contributed by atoms with van der Waals surface area (Å²) < 4.78 is 17.8. The number of aromatic nitrogens is 4. The molecule has 0 aliphatic carbocycles. The fourth-order valence-corrected chi connectivity index (χ4v) is 2.62. The lowest BCUT2D eigenvalue weighted by Gasteiger charge is -2.15. The van der Waals surface area contributed by atoms with Crippen molar-refractivity contribution in [3.8, 4) is 0 Å². The molecular weight excluding hydrogens is 349 g/mol. The van der Waals surface area contributed by atoms with Gasteiger partial charge in [0.2, 0.25) is 5.95 Å². The largest absolute Gasteiger partial charge is 0.368 e. The van der Waals surface area contributed by atoms with E-state index in [0.29, 0.717) is 30.1 Å². The monoisotopic (exact) mass is 373 g/mol. The van der Waals surface area contributed by atoms with Crippen LogP contribution in [0.2, 0.25) is 0 Å². The average molecular weight is 373 g/mol. The van der Waals surface area contributed by atoms with Crippen LogP contribution in [0.25, 0.3) is 11.2 Å². The Balaban J connectivity index is 2.14. The first kappa shape index (κ1) is 19.5.